The number of hydrogen-bond donors (Lipinski definition) is 2. The van der Waals surface area contributed by atoms with Gasteiger partial charge in [-0.3, -0.25) is 4.72 Å². The summed E-state index contributed by atoms with van der Waals surface area (Å²) in [7, 11) is 1.96. The van der Waals surface area contributed by atoms with E-state index in [9.17, 15) is 0 Å². The summed E-state index contributed by atoms with van der Waals surface area (Å²) < 4.78 is 11.2. The molecular weight excluding hydrogens is 416 g/mol. The molecule has 0 radical (unpaired) electrons. The van der Waals surface area contributed by atoms with Crippen LogP contribution >= 0.6 is 23.5 Å². The Kier molecular flexibility index (Phi) is 7.00. The number of imidazole rings is 1. The average Bonchev–Trinajstić information content (AvgIpc) is 3.15. The number of aromatic nitrogens is 2. The number of ether oxygens (including phenoxy) is 1. The number of nitrogens with one attached hydrogen (secondary N) is 1. The number of fused-ring (bicyclic) bond motifs is 1. The second-order valence-electron chi connectivity index (χ2n) is 7.73. The summed E-state index contributed by atoms with van der Waals surface area (Å²) >= 11 is 7.70. The number of aryl methyl sites for hydroxylation is 2. The molecule has 158 valence electrons. The van der Waals surface area contributed by atoms with Crippen molar-refractivity contribution in [3.05, 3.63) is 76.7 Å². The van der Waals surface area contributed by atoms with Crippen LogP contribution in [0.4, 0.5) is 0 Å². The Labute approximate surface area is 187 Å². The quantitative estimate of drug-likeness (QED) is 0.401. The number of hydrogen-bond acceptors (Lipinski definition) is 5. The van der Waals surface area contributed by atoms with Crippen LogP contribution in [-0.4, -0.2) is 28.7 Å². The minimum atomic E-state index is 0.142. The van der Waals surface area contributed by atoms with E-state index in [0.717, 1.165) is 41.6 Å². The van der Waals surface area contributed by atoms with Gasteiger partial charge in [0.2, 0.25) is 0 Å². The first kappa shape index (κ1) is 21.2. The van der Waals surface area contributed by atoms with Gasteiger partial charge in [-0.2, -0.15) is 0 Å². The first-order valence-corrected chi connectivity index (χ1v) is 11.4. The normalized spacial score (nSPS) is 18.2. The fourth-order valence-corrected chi connectivity index (χ4v) is 4.81. The van der Waals surface area contributed by atoms with E-state index in [2.05, 4.69) is 34.0 Å². The molecule has 7 heteroatoms. The van der Waals surface area contributed by atoms with Crippen molar-refractivity contribution in [2.75, 3.05) is 13.2 Å². The number of nitrogens with two attached hydrogens (primary N) is 1. The molecule has 4 rings (SSSR count). The lowest BCUT2D eigenvalue weighted by Crippen LogP contribution is -2.34. The van der Waals surface area contributed by atoms with Gasteiger partial charge in [-0.15, -0.1) is 0 Å². The van der Waals surface area contributed by atoms with E-state index in [4.69, 9.17) is 22.1 Å². The largest absolute Gasteiger partial charge is 0.492 e. The number of benzene rings is 2. The minimum absolute atomic E-state index is 0.142. The Balaban J connectivity index is 1.37. The molecule has 2 aromatic carbocycles. The van der Waals surface area contributed by atoms with Crippen molar-refractivity contribution in [2.24, 2.45) is 12.8 Å². The van der Waals surface area contributed by atoms with Gasteiger partial charge in [0.15, 0.2) is 0 Å². The molecule has 0 amide bonds. The summed E-state index contributed by atoms with van der Waals surface area (Å²) in [6.07, 6.45) is 6.68. The van der Waals surface area contributed by atoms with E-state index in [1.807, 2.05) is 36.0 Å². The molecule has 0 saturated heterocycles. The molecule has 0 bridgehead atoms. The van der Waals surface area contributed by atoms with E-state index in [-0.39, 0.29) is 12.0 Å². The highest BCUT2D eigenvalue weighted by Gasteiger charge is 2.27. The van der Waals surface area contributed by atoms with Gasteiger partial charge in [0.25, 0.3) is 0 Å². The van der Waals surface area contributed by atoms with Gasteiger partial charge in [0.1, 0.15) is 17.4 Å². The number of nitrogens with zero attached hydrogens (tertiary/aromatic N) is 2. The molecule has 1 aromatic heterocycles. The van der Waals surface area contributed by atoms with Crippen LogP contribution < -0.4 is 15.2 Å². The maximum absolute atomic E-state index is 6.53. The highest BCUT2D eigenvalue weighted by molar-refractivity contribution is 7.97. The van der Waals surface area contributed by atoms with Gasteiger partial charge in [-0.05, 0) is 72.2 Å². The second kappa shape index (κ2) is 9.88. The van der Waals surface area contributed by atoms with Crippen LogP contribution in [0.5, 0.6) is 5.75 Å². The van der Waals surface area contributed by atoms with Crippen LogP contribution in [0.15, 0.2) is 60.0 Å². The molecule has 0 aliphatic heterocycles. The van der Waals surface area contributed by atoms with Crippen LogP contribution in [-0.2, 0) is 19.9 Å². The Morgan fingerprint density at radius 2 is 2.20 bits per heavy atom. The van der Waals surface area contributed by atoms with Gasteiger partial charge in [-0.1, -0.05) is 29.8 Å². The van der Waals surface area contributed by atoms with Crippen LogP contribution in [0.25, 0.3) is 0 Å². The highest BCUT2D eigenvalue weighted by Crippen LogP contribution is 2.36. The third-order valence-corrected chi connectivity index (χ3v) is 6.46. The Morgan fingerprint density at radius 1 is 1.30 bits per heavy atom. The van der Waals surface area contributed by atoms with Crippen molar-refractivity contribution in [1.82, 2.24) is 14.3 Å². The predicted molar refractivity (Wildman–Crippen MR) is 123 cm³/mol. The van der Waals surface area contributed by atoms with Crippen LogP contribution in [0, 0.1) is 0 Å². The van der Waals surface area contributed by atoms with Crippen molar-refractivity contribution >= 4 is 23.5 Å². The molecule has 2 unspecified atom stereocenters. The zero-order chi connectivity index (χ0) is 20.9. The van der Waals surface area contributed by atoms with E-state index >= 15 is 0 Å². The standard InChI is InChI=1S/C23H27ClN4OS/c1-28-14-23(26-15-28)30-27-9-10-29-19-7-5-17-6-8-22(25)21(20(17)13-19)12-16-3-2-4-18(24)11-16/h2-5,7,11,13-15,21-22,27H,6,8-10,12,25H2,1H3. The van der Waals surface area contributed by atoms with Crippen molar-refractivity contribution in [2.45, 2.75) is 36.2 Å². The van der Waals surface area contributed by atoms with Gasteiger partial charge in [0.05, 0.1) is 6.33 Å². The molecule has 1 aliphatic carbocycles. The van der Waals surface area contributed by atoms with Crippen molar-refractivity contribution in [1.29, 1.82) is 0 Å². The Hall–Kier alpha value is -1.99. The van der Waals surface area contributed by atoms with Gasteiger partial charge >= 0.3 is 0 Å². The van der Waals surface area contributed by atoms with Gasteiger partial charge in [-0.25, -0.2) is 4.98 Å². The monoisotopic (exact) mass is 442 g/mol. The third-order valence-electron chi connectivity index (χ3n) is 5.46. The minimum Gasteiger partial charge on any atom is -0.492 e. The SMILES string of the molecule is Cn1cnc(SNCCOc2ccc3c(c2)C(Cc2cccc(Cl)c2)C(N)CC3)c1. The van der Waals surface area contributed by atoms with Crippen LogP contribution in [0.2, 0.25) is 5.02 Å². The Bertz CT molecular complexity index is 993. The molecule has 5 nitrogen and oxygen atoms in total. The van der Waals surface area contributed by atoms with Crippen molar-refractivity contribution < 1.29 is 4.74 Å². The van der Waals surface area contributed by atoms with E-state index in [0.29, 0.717) is 6.61 Å². The van der Waals surface area contributed by atoms with Crippen LogP contribution in [0.1, 0.15) is 29.0 Å². The third kappa shape index (κ3) is 5.38. The van der Waals surface area contributed by atoms with Crippen molar-refractivity contribution in [3.8, 4) is 5.75 Å². The molecule has 0 spiro atoms. The van der Waals surface area contributed by atoms with Gasteiger partial charge < -0.3 is 15.0 Å². The molecule has 1 aliphatic rings. The molecule has 2 atom stereocenters. The van der Waals surface area contributed by atoms with E-state index in [1.54, 1.807) is 6.33 Å². The Morgan fingerprint density at radius 3 is 3.00 bits per heavy atom. The summed E-state index contributed by atoms with van der Waals surface area (Å²) in [5.74, 6) is 1.16. The van der Waals surface area contributed by atoms with Crippen molar-refractivity contribution in [3.63, 3.8) is 0 Å². The first-order valence-electron chi connectivity index (χ1n) is 10.2. The summed E-state index contributed by atoms with van der Waals surface area (Å²) in [6, 6.07) is 14.6. The molecular formula is C23H27ClN4OS. The molecule has 30 heavy (non-hydrogen) atoms. The lowest BCUT2D eigenvalue weighted by atomic mass is 9.76. The lowest BCUT2D eigenvalue weighted by molar-refractivity contribution is 0.323. The maximum Gasteiger partial charge on any atom is 0.129 e. The highest BCUT2D eigenvalue weighted by atomic mass is 35.5. The molecule has 3 N–H and O–H groups in total. The average molecular weight is 443 g/mol. The number of halogens is 1. The zero-order valence-electron chi connectivity index (χ0n) is 17.1. The molecule has 3 aromatic rings. The summed E-state index contributed by atoms with van der Waals surface area (Å²) in [6.45, 7) is 1.31. The van der Waals surface area contributed by atoms with Gasteiger partial charge in [0, 0.05) is 36.8 Å². The fraction of sp³-hybridized carbons (Fsp3) is 0.348. The molecule has 1 heterocycles. The summed E-state index contributed by atoms with van der Waals surface area (Å²) in [5.41, 5.74) is 10.4. The topological polar surface area (TPSA) is 65.1 Å². The van der Waals surface area contributed by atoms with E-state index < -0.39 is 0 Å². The lowest BCUT2D eigenvalue weighted by Gasteiger charge is -2.32. The molecule has 0 fully saturated rings. The van der Waals surface area contributed by atoms with E-state index in [1.165, 1.54) is 28.6 Å². The predicted octanol–water partition coefficient (Wildman–Crippen LogP) is 4.35. The first-order chi connectivity index (χ1) is 14.6. The summed E-state index contributed by atoms with van der Waals surface area (Å²) in [5, 5.41) is 1.72. The fourth-order valence-electron chi connectivity index (χ4n) is 3.95. The zero-order valence-corrected chi connectivity index (χ0v) is 18.6. The smallest absolute Gasteiger partial charge is 0.129 e. The van der Waals surface area contributed by atoms with Crippen LogP contribution in [0.3, 0.4) is 0 Å². The maximum atomic E-state index is 6.53. The summed E-state index contributed by atoms with van der Waals surface area (Å²) in [4.78, 5) is 4.28. The number of rotatable bonds is 8. The molecule has 0 saturated carbocycles. The second-order valence-corrected chi connectivity index (χ2v) is 9.07.